The van der Waals surface area contributed by atoms with Crippen molar-refractivity contribution in [3.8, 4) is 0 Å². The lowest BCUT2D eigenvalue weighted by atomic mass is 10.2. The molecule has 96 valence electrons. The van der Waals surface area contributed by atoms with E-state index in [2.05, 4.69) is 14.8 Å². The second-order valence-electron chi connectivity index (χ2n) is 2.82. The number of ether oxygens (including phenoxy) is 3. The van der Waals surface area contributed by atoms with E-state index in [0.717, 1.165) is 20.3 Å². The summed E-state index contributed by atoms with van der Waals surface area (Å²) in [5.41, 5.74) is -0.421. The Labute approximate surface area is 98.7 Å². The van der Waals surface area contributed by atoms with E-state index in [4.69, 9.17) is 4.74 Å². The predicted molar refractivity (Wildman–Crippen MR) is 57.0 cm³/mol. The second kappa shape index (κ2) is 8.28. The van der Waals surface area contributed by atoms with Crippen LogP contribution in [0.25, 0.3) is 0 Å². The first-order chi connectivity index (χ1) is 8.06. The van der Waals surface area contributed by atoms with Crippen LogP contribution in [0.1, 0.15) is 0 Å². The molecule has 7 nitrogen and oxygen atoms in total. The van der Waals surface area contributed by atoms with Gasteiger partial charge in [-0.25, -0.2) is 9.59 Å². The third-order valence-electron chi connectivity index (χ3n) is 1.71. The minimum atomic E-state index is -0.912. The van der Waals surface area contributed by atoms with Gasteiger partial charge in [-0.1, -0.05) is 0 Å². The molecule has 0 saturated carbocycles. The van der Waals surface area contributed by atoms with E-state index >= 15 is 0 Å². The van der Waals surface area contributed by atoms with Gasteiger partial charge in [0, 0.05) is 19.7 Å². The van der Waals surface area contributed by atoms with E-state index in [1.54, 1.807) is 0 Å². The Morgan fingerprint density at radius 2 is 1.76 bits per heavy atom. The fraction of sp³-hybridized carbons (Fsp3) is 0.500. The van der Waals surface area contributed by atoms with Crippen molar-refractivity contribution in [2.75, 3.05) is 34.5 Å². The van der Waals surface area contributed by atoms with Crippen LogP contribution in [-0.4, -0.2) is 52.3 Å². The van der Waals surface area contributed by atoms with Crippen molar-refractivity contribution in [3.05, 3.63) is 11.6 Å². The van der Waals surface area contributed by atoms with Gasteiger partial charge in [-0.05, 0) is 0 Å². The van der Waals surface area contributed by atoms with Crippen LogP contribution in [0, 0.1) is 0 Å². The summed E-state index contributed by atoms with van der Waals surface area (Å²) >= 11 is 0. The number of hydrogen-bond acceptors (Lipinski definition) is 6. The Morgan fingerprint density at radius 3 is 2.24 bits per heavy atom. The van der Waals surface area contributed by atoms with Crippen molar-refractivity contribution in [1.82, 2.24) is 5.32 Å². The number of hydrogen-bond donors (Lipinski definition) is 1. The molecule has 0 aromatic rings. The molecular formula is C10H15NO6. The molecule has 0 radical (unpaired) electrons. The van der Waals surface area contributed by atoms with Crippen molar-refractivity contribution in [2.24, 2.45) is 0 Å². The average Bonchev–Trinajstić information content (AvgIpc) is 2.34. The van der Waals surface area contributed by atoms with Gasteiger partial charge in [0.15, 0.2) is 0 Å². The maximum absolute atomic E-state index is 11.5. The molecule has 17 heavy (non-hydrogen) atoms. The Kier molecular flexibility index (Phi) is 7.36. The van der Waals surface area contributed by atoms with Crippen LogP contribution in [0.15, 0.2) is 11.6 Å². The highest BCUT2D eigenvalue weighted by atomic mass is 16.5. The summed E-state index contributed by atoms with van der Waals surface area (Å²) in [6, 6.07) is 0. The molecule has 0 bridgehead atoms. The van der Waals surface area contributed by atoms with Crippen LogP contribution in [-0.2, 0) is 28.6 Å². The van der Waals surface area contributed by atoms with Crippen molar-refractivity contribution in [3.63, 3.8) is 0 Å². The first-order valence-corrected chi connectivity index (χ1v) is 4.71. The van der Waals surface area contributed by atoms with Gasteiger partial charge in [0.1, 0.15) is 5.57 Å². The third-order valence-corrected chi connectivity index (χ3v) is 1.71. The minimum Gasteiger partial charge on any atom is -0.466 e. The van der Waals surface area contributed by atoms with Gasteiger partial charge in [0.25, 0.3) is 5.91 Å². The van der Waals surface area contributed by atoms with E-state index in [9.17, 15) is 14.4 Å². The zero-order valence-corrected chi connectivity index (χ0v) is 9.94. The van der Waals surface area contributed by atoms with E-state index in [1.807, 2.05) is 0 Å². The molecule has 0 saturated heterocycles. The minimum absolute atomic E-state index is 0.213. The molecule has 1 amide bonds. The van der Waals surface area contributed by atoms with E-state index < -0.39 is 23.4 Å². The number of amides is 1. The molecule has 0 heterocycles. The zero-order chi connectivity index (χ0) is 13.3. The third kappa shape index (κ3) is 5.67. The maximum atomic E-state index is 11.5. The standard InChI is InChI=1S/C10H15NO6/c1-15-5-4-11-9(13)7(10(14)17-3)6-8(12)16-2/h6H,4-5H2,1-3H3,(H,11,13)/b7-6+. The van der Waals surface area contributed by atoms with Crippen LogP contribution in [0.5, 0.6) is 0 Å². The van der Waals surface area contributed by atoms with Gasteiger partial charge in [0.2, 0.25) is 0 Å². The molecule has 0 aliphatic rings. The molecule has 0 aliphatic heterocycles. The largest absolute Gasteiger partial charge is 0.466 e. The summed E-state index contributed by atoms with van der Waals surface area (Å²) in [6.07, 6.45) is 0.772. The molecule has 0 atom stereocenters. The summed E-state index contributed by atoms with van der Waals surface area (Å²) in [7, 11) is 3.71. The Bertz CT molecular complexity index is 323. The molecule has 0 unspecified atom stereocenters. The highest BCUT2D eigenvalue weighted by Gasteiger charge is 2.20. The maximum Gasteiger partial charge on any atom is 0.343 e. The van der Waals surface area contributed by atoms with Crippen LogP contribution in [0.3, 0.4) is 0 Å². The van der Waals surface area contributed by atoms with Gasteiger partial charge in [-0.15, -0.1) is 0 Å². The lowest BCUT2D eigenvalue weighted by Gasteiger charge is -2.06. The molecule has 0 aromatic heterocycles. The summed E-state index contributed by atoms with van der Waals surface area (Å²) in [6.45, 7) is 0.503. The van der Waals surface area contributed by atoms with Crippen molar-refractivity contribution in [1.29, 1.82) is 0 Å². The van der Waals surface area contributed by atoms with Crippen LogP contribution < -0.4 is 5.32 Å². The van der Waals surface area contributed by atoms with Gasteiger partial charge in [-0.2, -0.15) is 0 Å². The quantitative estimate of drug-likeness (QED) is 0.213. The predicted octanol–water partition coefficient (Wildman–Crippen LogP) is -0.979. The summed E-state index contributed by atoms with van der Waals surface area (Å²) in [5.74, 6) is -2.45. The van der Waals surface area contributed by atoms with Crippen molar-refractivity contribution >= 4 is 17.8 Å². The van der Waals surface area contributed by atoms with Crippen LogP contribution in [0.2, 0.25) is 0 Å². The monoisotopic (exact) mass is 245 g/mol. The summed E-state index contributed by atoms with van der Waals surface area (Å²) in [4.78, 5) is 33.7. The number of carbonyl (C=O) groups is 3. The average molecular weight is 245 g/mol. The molecular weight excluding hydrogens is 230 g/mol. The van der Waals surface area contributed by atoms with Gasteiger partial charge in [-0.3, -0.25) is 4.79 Å². The van der Waals surface area contributed by atoms with Gasteiger partial charge < -0.3 is 19.5 Å². The summed E-state index contributed by atoms with van der Waals surface area (Å²) < 4.78 is 13.4. The molecule has 0 rings (SSSR count). The van der Waals surface area contributed by atoms with Gasteiger partial charge >= 0.3 is 11.9 Å². The first kappa shape index (κ1) is 15.1. The number of methoxy groups -OCH3 is 3. The van der Waals surface area contributed by atoms with E-state index in [0.29, 0.717) is 6.61 Å². The van der Waals surface area contributed by atoms with Crippen LogP contribution >= 0.6 is 0 Å². The highest BCUT2D eigenvalue weighted by molar-refractivity contribution is 6.19. The van der Waals surface area contributed by atoms with Gasteiger partial charge in [0.05, 0.1) is 20.8 Å². The van der Waals surface area contributed by atoms with Crippen LogP contribution in [0.4, 0.5) is 0 Å². The molecule has 0 fully saturated rings. The smallest absolute Gasteiger partial charge is 0.343 e. The molecule has 0 aliphatic carbocycles. The normalized spacial score (nSPS) is 10.6. The topological polar surface area (TPSA) is 90.9 Å². The van der Waals surface area contributed by atoms with E-state index in [-0.39, 0.29) is 6.54 Å². The Hall–Kier alpha value is -1.89. The zero-order valence-electron chi connectivity index (χ0n) is 9.94. The fourth-order valence-corrected chi connectivity index (χ4v) is 0.866. The SMILES string of the molecule is COCCNC(=O)/C(=C\C(=O)OC)C(=O)OC. The number of carbonyl (C=O) groups excluding carboxylic acids is 3. The summed E-state index contributed by atoms with van der Waals surface area (Å²) in [5, 5.41) is 2.39. The number of nitrogens with one attached hydrogen (secondary N) is 1. The lowest BCUT2D eigenvalue weighted by molar-refractivity contribution is -0.140. The molecule has 7 heteroatoms. The molecule has 0 aromatic carbocycles. The number of rotatable bonds is 6. The lowest BCUT2D eigenvalue weighted by Crippen LogP contribution is -2.32. The second-order valence-corrected chi connectivity index (χ2v) is 2.82. The molecule has 0 spiro atoms. The highest BCUT2D eigenvalue weighted by Crippen LogP contribution is 1.99. The van der Waals surface area contributed by atoms with E-state index in [1.165, 1.54) is 7.11 Å². The number of esters is 2. The Balaban J connectivity index is 4.69. The first-order valence-electron chi connectivity index (χ1n) is 4.71. The van der Waals surface area contributed by atoms with Crippen molar-refractivity contribution in [2.45, 2.75) is 0 Å². The Morgan fingerprint density at radius 1 is 1.12 bits per heavy atom. The van der Waals surface area contributed by atoms with Crippen molar-refractivity contribution < 1.29 is 28.6 Å². The fourth-order valence-electron chi connectivity index (χ4n) is 0.866. The molecule has 1 N–H and O–H groups in total.